The molecule has 0 aromatic heterocycles. The maximum absolute atomic E-state index is 12.5. The molecule has 0 saturated carbocycles. The smallest absolute Gasteiger partial charge is 0.237 e. The Morgan fingerprint density at radius 2 is 2.00 bits per heavy atom. The molecule has 1 unspecified atom stereocenters. The second-order valence-electron chi connectivity index (χ2n) is 6.55. The molecule has 2 amide bonds. The van der Waals surface area contributed by atoms with Gasteiger partial charge in [-0.3, -0.25) is 9.59 Å². The van der Waals surface area contributed by atoms with Gasteiger partial charge < -0.3 is 20.7 Å². The standard InChI is InChI=1S/C19H29N3O3/c1-3-6-16(20)19(24)21-15-9-11-22(12-10-15)18(23)13-14-7-4-5-8-17(14)25-2/h4-5,7-8,15-16H,3,6,9-13,20H2,1-2H3,(H,21,24). The minimum Gasteiger partial charge on any atom is -0.496 e. The summed E-state index contributed by atoms with van der Waals surface area (Å²) in [4.78, 5) is 26.4. The molecule has 0 bridgehead atoms. The number of methoxy groups -OCH3 is 1. The highest BCUT2D eigenvalue weighted by atomic mass is 16.5. The fourth-order valence-corrected chi connectivity index (χ4v) is 3.15. The van der Waals surface area contributed by atoms with Crippen LogP contribution in [0.15, 0.2) is 24.3 Å². The van der Waals surface area contributed by atoms with Crippen LogP contribution in [0.25, 0.3) is 0 Å². The van der Waals surface area contributed by atoms with E-state index in [9.17, 15) is 9.59 Å². The summed E-state index contributed by atoms with van der Waals surface area (Å²) >= 11 is 0. The third-order valence-corrected chi connectivity index (χ3v) is 4.66. The maximum atomic E-state index is 12.5. The zero-order chi connectivity index (χ0) is 18.2. The van der Waals surface area contributed by atoms with Crippen molar-refractivity contribution in [1.82, 2.24) is 10.2 Å². The van der Waals surface area contributed by atoms with E-state index in [-0.39, 0.29) is 17.9 Å². The topological polar surface area (TPSA) is 84.7 Å². The average molecular weight is 347 g/mol. The number of rotatable bonds is 7. The summed E-state index contributed by atoms with van der Waals surface area (Å²) in [6.45, 7) is 3.32. The zero-order valence-corrected chi connectivity index (χ0v) is 15.2. The fourth-order valence-electron chi connectivity index (χ4n) is 3.15. The van der Waals surface area contributed by atoms with Crippen LogP contribution in [0.2, 0.25) is 0 Å². The number of piperidine rings is 1. The Hall–Kier alpha value is -2.08. The molecule has 0 radical (unpaired) electrons. The molecule has 6 nitrogen and oxygen atoms in total. The van der Waals surface area contributed by atoms with E-state index in [2.05, 4.69) is 5.32 Å². The summed E-state index contributed by atoms with van der Waals surface area (Å²) in [5.74, 6) is 0.750. The Bertz CT molecular complexity index is 583. The van der Waals surface area contributed by atoms with E-state index in [0.717, 1.165) is 30.6 Å². The number of ether oxygens (including phenoxy) is 1. The number of likely N-dealkylation sites (tertiary alicyclic amines) is 1. The third kappa shape index (κ3) is 5.46. The highest BCUT2D eigenvalue weighted by Gasteiger charge is 2.25. The first-order chi connectivity index (χ1) is 12.0. The summed E-state index contributed by atoms with van der Waals surface area (Å²) in [7, 11) is 1.61. The fraction of sp³-hybridized carbons (Fsp3) is 0.579. The van der Waals surface area contributed by atoms with Gasteiger partial charge in [-0.2, -0.15) is 0 Å². The molecular weight excluding hydrogens is 318 g/mol. The molecule has 0 aliphatic carbocycles. The number of nitrogens with two attached hydrogens (primary N) is 1. The van der Waals surface area contributed by atoms with Gasteiger partial charge in [-0.05, 0) is 25.3 Å². The molecule has 138 valence electrons. The molecule has 1 aliphatic rings. The molecule has 1 aliphatic heterocycles. The van der Waals surface area contributed by atoms with Crippen molar-refractivity contribution in [1.29, 1.82) is 0 Å². The normalized spacial score (nSPS) is 16.4. The van der Waals surface area contributed by atoms with Gasteiger partial charge in [0, 0.05) is 24.7 Å². The van der Waals surface area contributed by atoms with Gasteiger partial charge in [0.1, 0.15) is 5.75 Å². The van der Waals surface area contributed by atoms with Gasteiger partial charge in [0.2, 0.25) is 11.8 Å². The van der Waals surface area contributed by atoms with Crippen molar-refractivity contribution in [3.8, 4) is 5.75 Å². The Morgan fingerprint density at radius 3 is 2.64 bits per heavy atom. The molecule has 1 aromatic carbocycles. The molecule has 1 atom stereocenters. The predicted octanol–water partition coefficient (Wildman–Crippen LogP) is 1.47. The summed E-state index contributed by atoms with van der Waals surface area (Å²) < 4.78 is 5.31. The van der Waals surface area contributed by atoms with Crippen LogP contribution >= 0.6 is 0 Å². The van der Waals surface area contributed by atoms with Crippen LogP contribution in [-0.2, 0) is 16.0 Å². The van der Waals surface area contributed by atoms with Crippen molar-refractivity contribution in [3.05, 3.63) is 29.8 Å². The lowest BCUT2D eigenvalue weighted by Gasteiger charge is -2.33. The molecule has 1 saturated heterocycles. The first-order valence-electron chi connectivity index (χ1n) is 9.00. The monoisotopic (exact) mass is 347 g/mol. The van der Waals surface area contributed by atoms with Crippen molar-refractivity contribution in [3.63, 3.8) is 0 Å². The van der Waals surface area contributed by atoms with Crippen LogP contribution in [0.4, 0.5) is 0 Å². The van der Waals surface area contributed by atoms with Crippen molar-refractivity contribution >= 4 is 11.8 Å². The van der Waals surface area contributed by atoms with E-state index in [1.165, 1.54) is 0 Å². The lowest BCUT2D eigenvalue weighted by Crippen LogP contribution is -2.50. The van der Waals surface area contributed by atoms with Gasteiger partial charge in [-0.25, -0.2) is 0 Å². The summed E-state index contributed by atoms with van der Waals surface area (Å²) in [6.07, 6.45) is 3.46. The van der Waals surface area contributed by atoms with E-state index in [1.807, 2.05) is 36.1 Å². The summed E-state index contributed by atoms with van der Waals surface area (Å²) in [5.41, 5.74) is 6.74. The van der Waals surface area contributed by atoms with E-state index < -0.39 is 6.04 Å². The predicted molar refractivity (Wildman–Crippen MR) is 97.3 cm³/mol. The number of carbonyl (C=O) groups is 2. The number of benzene rings is 1. The molecule has 6 heteroatoms. The number of hydrogen-bond donors (Lipinski definition) is 2. The number of carbonyl (C=O) groups excluding carboxylic acids is 2. The van der Waals surface area contributed by atoms with Gasteiger partial charge >= 0.3 is 0 Å². The summed E-state index contributed by atoms with van der Waals surface area (Å²) in [5, 5.41) is 3.01. The molecule has 2 rings (SSSR count). The molecular formula is C19H29N3O3. The van der Waals surface area contributed by atoms with Crippen LogP contribution in [-0.4, -0.2) is 49.0 Å². The van der Waals surface area contributed by atoms with Gasteiger partial charge in [-0.15, -0.1) is 0 Å². The largest absolute Gasteiger partial charge is 0.496 e. The van der Waals surface area contributed by atoms with Crippen LogP contribution in [0.3, 0.4) is 0 Å². The van der Waals surface area contributed by atoms with Crippen molar-refractivity contribution in [2.24, 2.45) is 5.73 Å². The highest BCUT2D eigenvalue weighted by Crippen LogP contribution is 2.20. The maximum Gasteiger partial charge on any atom is 0.237 e. The lowest BCUT2D eigenvalue weighted by molar-refractivity contribution is -0.131. The Morgan fingerprint density at radius 1 is 1.32 bits per heavy atom. The van der Waals surface area contributed by atoms with E-state index in [1.54, 1.807) is 7.11 Å². The second kappa shape index (κ2) is 9.42. The highest BCUT2D eigenvalue weighted by molar-refractivity contribution is 5.82. The second-order valence-corrected chi connectivity index (χ2v) is 6.55. The number of nitrogens with zero attached hydrogens (tertiary/aromatic N) is 1. The van der Waals surface area contributed by atoms with Crippen molar-refractivity contribution in [2.75, 3.05) is 20.2 Å². The average Bonchev–Trinajstić information content (AvgIpc) is 2.63. The van der Waals surface area contributed by atoms with Gasteiger partial charge in [-0.1, -0.05) is 31.5 Å². The van der Waals surface area contributed by atoms with E-state index >= 15 is 0 Å². The number of amides is 2. The van der Waals surface area contributed by atoms with E-state index in [4.69, 9.17) is 10.5 Å². The first-order valence-corrected chi connectivity index (χ1v) is 9.00. The van der Waals surface area contributed by atoms with Crippen molar-refractivity contribution in [2.45, 2.75) is 51.1 Å². The minimum atomic E-state index is -0.435. The van der Waals surface area contributed by atoms with Crippen LogP contribution in [0.1, 0.15) is 38.2 Å². The molecule has 0 spiro atoms. The molecule has 3 N–H and O–H groups in total. The summed E-state index contributed by atoms with van der Waals surface area (Å²) in [6, 6.07) is 7.25. The SMILES string of the molecule is CCCC(N)C(=O)NC1CCN(C(=O)Cc2ccccc2OC)CC1. The van der Waals surface area contributed by atoms with Gasteiger partial charge in [0.15, 0.2) is 0 Å². The van der Waals surface area contributed by atoms with E-state index in [0.29, 0.717) is 25.9 Å². The Kier molecular flexibility index (Phi) is 7.25. The Balaban J connectivity index is 1.81. The quantitative estimate of drug-likeness (QED) is 0.782. The van der Waals surface area contributed by atoms with Crippen LogP contribution in [0.5, 0.6) is 5.75 Å². The lowest BCUT2D eigenvalue weighted by atomic mass is 10.0. The third-order valence-electron chi connectivity index (χ3n) is 4.66. The molecule has 25 heavy (non-hydrogen) atoms. The van der Waals surface area contributed by atoms with Gasteiger partial charge in [0.05, 0.1) is 19.6 Å². The zero-order valence-electron chi connectivity index (χ0n) is 15.2. The number of nitrogens with one attached hydrogen (secondary N) is 1. The van der Waals surface area contributed by atoms with Gasteiger partial charge in [0.25, 0.3) is 0 Å². The molecule has 1 fully saturated rings. The molecule has 1 heterocycles. The van der Waals surface area contributed by atoms with Crippen molar-refractivity contribution < 1.29 is 14.3 Å². The number of hydrogen-bond acceptors (Lipinski definition) is 4. The van der Waals surface area contributed by atoms with Crippen LogP contribution < -0.4 is 15.8 Å². The number of para-hydroxylation sites is 1. The van der Waals surface area contributed by atoms with Crippen LogP contribution in [0, 0.1) is 0 Å². The Labute approximate surface area is 149 Å². The molecule has 1 aromatic rings. The minimum absolute atomic E-state index is 0.0827. The first kappa shape index (κ1) is 19.2.